The summed E-state index contributed by atoms with van der Waals surface area (Å²) in [5, 5.41) is 1.93. The molecule has 0 heterocycles. The van der Waals surface area contributed by atoms with Gasteiger partial charge in [-0.2, -0.15) is 4.99 Å². The number of hydrogen-bond donors (Lipinski definition) is 0. The largest absolute Gasteiger partial charge is 0.205 e. The molecule has 0 aromatic heterocycles. The predicted molar refractivity (Wildman–Crippen MR) is 109 cm³/mol. The molecule has 3 aromatic carbocycles. The summed E-state index contributed by atoms with van der Waals surface area (Å²) in [7, 11) is 0. The van der Waals surface area contributed by atoms with Gasteiger partial charge in [-0.3, -0.25) is 0 Å². The van der Waals surface area contributed by atoms with Gasteiger partial charge >= 0.3 is 0 Å². The summed E-state index contributed by atoms with van der Waals surface area (Å²) in [6.45, 7) is 3.47. The monoisotopic (exact) mass is 409 g/mol. The van der Waals surface area contributed by atoms with Crippen molar-refractivity contribution in [3.8, 4) is 23.0 Å². The van der Waals surface area contributed by atoms with Crippen LogP contribution in [-0.4, -0.2) is 5.16 Å². The molecule has 0 fully saturated rings. The van der Waals surface area contributed by atoms with Crippen LogP contribution in [0.2, 0.25) is 0 Å². The molecule has 0 aliphatic carbocycles. The molecule has 0 unspecified atom stereocenters. The molecule has 0 N–H and O–H groups in total. The summed E-state index contributed by atoms with van der Waals surface area (Å²) in [6.07, 6.45) is 1.34. The van der Waals surface area contributed by atoms with Crippen molar-refractivity contribution >= 4 is 29.1 Å². The standard InChI is InChI=1S/C23H11F4NS/c1-2-14-9-19(24)18(20(25)10-14)8-5-15-3-6-16(7-4-15)17-11-21(26)23(28-13-29)22(27)12-17/h2-4,6-7,9-12H,1H2. The fourth-order valence-corrected chi connectivity index (χ4v) is 2.69. The molecule has 29 heavy (non-hydrogen) atoms. The normalized spacial score (nSPS) is 9.93. The highest BCUT2D eigenvalue weighted by Gasteiger charge is 2.11. The van der Waals surface area contributed by atoms with Gasteiger partial charge in [-0.05, 0) is 65.3 Å². The number of benzene rings is 3. The third-order valence-corrected chi connectivity index (χ3v) is 4.12. The quantitative estimate of drug-likeness (QED) is 0.203. The highest BCUT2D eigenvalue weighted by Crippen LogP contribution is 2.29. The third-order valence-electron chi connectivity index (χ3n) is 4.02. The summed E-state index contributed by atoms with van der Waals surface area (Å²) in [6, 6.07) is 10.9. The summed E-state index contributed by atoms with van der Waals surface area (Å²) in [5.74, 6) is 1.84. The Morgan fingerprint density at radius 3 is 1.90 bits per heavy atom. The first-order valence-corrected chi connectivity index (χ1v) is 8.64. The van der Waals surface area contributed by atoms with Crippen LogP contribution in [-0.2, 0) is 0 Å². The van der Waals surface area contributed by atoms with Gasteiger partial charge in [-0.25, -0.2) is 17.6 Å². The highest BCUT2D eigenvalue weighted by molar-refractivity contribution is 7.78. The van der Waals surface area contributed by atoms with E-state index in [2.05, 4.69) is 35.6 Å². The van der Waals surface area contributed by atoms with Crippen LogP contribution in [0.25, 0.3) is 17.2 Å². The maximum Gasteiger partial charge on any atom is 0.153 e. The van der Waals surface area contributed by atoms with Gasteiger partial charge in [0.05, 0.1) is 10.7 Å². The molecule has 0 saturated carbocycles. The van der Waals surface area contributed by atoms with Crippen LogP contribution in [0.1, 0.15) is 16.7 Å². The summed E-state index contributed by atoms with van der Waals surface area (Å²) in [5.41, 5.74) is 0.759. The molecule has 3 aromatic rings. The van der Waals surface area contributed by atoms with E-state index in [1.807, 2.05) is 5.16 Å². The molecule has 0 aliphatic rings. The second-order valence-corrected chi connectivity index (χ2v) is 6.07. The molecule has 0 radical (unpaired) electrons. The van der Waals surface area contributed by atoms with Gasteiger partial charge in [0.15, 0.2) is 11.6 Å². The number of thiocarbonyl (C=S) groups is 1. The Kier molecular flexibility index (Phi) is 6.04. The van der Waals surface area contributed by atoms with Crippen LogP contribution in [0.5, 0.6) is 0 Å². The zero-order chi connectivity index (χ0) is 21.0. The minimum absolute atomic E-state index is 0.292. The molecule has 0 saturated heterocycles. The molecule has 0 bridgehead atoms. The molecule has 0 aliphatic heterocycles. The lowest BCUT2D eigenvalue weighted by Crippen LogP contribution is -1.92. The lowest BCUT2D eigenvalue weighted by molar-refractivity contribution is 0.577. The Labute approximate surface area is 170 Å². The Bertz CT molecular complexity index is 1170. The van der Waals surface area contributed by atoms with Gasteiger partial charge in [-0.15, -0.1) is 0 Å². The lowest BCUT2D eigenvalue weighted by atomic mass is 10.0. The fourth-order valence-electron chi connectivity index (χ4n) is 2.60. The van der Waals surface area contributed by atoms with Crippen LogP contribution < -0.4 is 0 Å². The maximum atomic E-state index is 14.0. The van der Waals surface area contributed by atoms with Crippen LogP contribution in [0.4, 0.5) is 23.2 Å². The topological polar surface area (TPSA) is 12.4 Å². The number of isothiocyanates is 1. The van der Waals surface area contributed by atoms with Gasteiger partial charge < -0.3 is 0 Å². The third kappa shape index (κ3) is 4.49. The van der Waals surface area contributed by atoms with E-state index in [0.717, 1.165) is 24.3 Å². The van der Waals surface area contributed by atoms with E-state index in [9.17, 15) is 17.6 Å². The second kappa shape index (κ2) is 8.66. The first kappa shape index (κ1) is 20.2. The predicted octanol–water partition coefficient (Wildman–Crippen LogP) is 6.69. The Morgan fingerprint density at radius 2 is 1.38 bits per heavy atom. The Balaban J connectivity index is 1.91. The average molecular weight is 409 g/mol. The highest BCUT2D eigenvalue weighted by atomic mass is 32.1. The number of halogens is 4. The van der Waals surface area contributed by atoms with Crippen molar-refractivity contribution in [2.45, 2.75) is 0 Å². The van der Waals surface area contributed by atoms with E-state index in [-0.39, 0.29) is 5.56 Å². The van der Waals surface area contributed by atoms with E-state index in [1.165, 1.54) is 6.08 Å². The van der Waals surface area contributed by atoms with Gasteiger partial charge in [0.2, 0.25) is 0 Å². The molecular weight excluding hydrogens is 398 g/mol. The molecule has 6 heteroatoms. The van der Waals surface area contributed by atoms with Crippen molar-refractivity contribution in [1.29, 1.82) is 0 Å². The Morgan fingerprint density at radius 1 is 0.793 bits per heavy atom. The zero-order valence-corrected chi connectivity index (χ0v) is 15.6. The summed E-state index contributed by atoms with van der Waals surface area (Å²) >= 11 is 4.37. The average Bonchev–Trinajstić information content (AvgIpc) is 2.70. The first-order valence-electron chi connectivity index (χ1n) is 8.23. The first-order chi connectivity index (χ1) is 13.9. The van der Waals surface area contributed by atoms with Crippen LogP contribution in [0.15, 0.2) is 60.1 Å². The van der Waals surface area contributed by atoms with E-state index < -0.39 is 29.0 Å². The summed E-state index contributed by atoms with van der Waals surface area (Å²) < 4.78 is 55.9. The molecular formula is C23H11F4NS. The number of aliphatic imine (C=N–C) groups is 1. The van der Waals surface area contributed by atoms with Crippen molar-refractivity contribution in [2.75, 3.05) is 0 Å². The number of nitrogens with zero attached hydrogens (tertiary/aromatic N) is 1. The Hall–Kier alpha value is -3.52. The molecule has 142 valence electrons. The van der Waals surface area contributed by atoms with Crippen molar-refractivity contribution in [1.82, 2.24) is 0 Å². The van der Waals surface area contributed by atoms with E-state index in [0.29, 0.717) is 22.3 Å². The van der Waals surface area contributed by atoms with E-state index in [1.54, 1.807) is 24.3 Å². The van der Waals surface area contributed by atoms with E-state index >= 15 is 0 Å². The minimum atomic E-state index is -0.866. The minimum Gasteiger partial charge on any atom is -0.205 e. The smallest absolute Gasteiger partial charge is 0.153 e. The van der Waals surface area contributed by atoms with E-state index in [4.69, 9.17) is 0 Å². The van der Waals surface area contributed by atoms with Crippen molar-refractivity contribution < 1.29 is 17.6 Å². The van der Waals surface area contributed by atoms with Crippen LogP contribution in [0, 0.1) is 35.1 Å². The molecule has 0 spiro atoms. The summed E-state index contributed by atoms with van der Waals surface area (Å²) in [4.78, 5) is 3.36. The van der Waals surface area contributed by atoms with Crippen LogP contribution >= 0.6 is 12.2 Å². The molecule has 0 atom stereocenters. The zero-order valence-electron chi connectivity index (χ0n) is 14.8. The van der Waals surface area contributed by atoms with Crippen LogP contribution in [0.3, 0.4) is 0 Å². The fraction of sp³-hybridized carbons (Fsp3) is 0. The maximum absolute atomic E-state index is 14.0. The van der Waals surface area contributed by atoms with Gasteiger partial charge in [-0.1, -0.05) is 36.6 Å². The van der Waals surface area contributed by atoms with Gasteiger partial charge in [0.1, 0.15) is 17.3 Å². The SMILES string of the molecule is C=Cc1cc(F)c(C#Cc2ccc(-c3cc(F)c(N=C=S)c(F)c3)cc2)c(F)c1. The molecule has 1 nitrogen and oxygen atoms in total. The van der Waals surface area contributed by atoms with Gasteiger partial charge in [0.25, 0.3) is 0 Å². The number of hydrogen-bond acceptors (Lipinski definition) is 2. The van der Waals surface area contributed by atoms with Crippen molar-refractivity contribution in [3.05, 3.63) is 95.1 Å². The van der Waals surface area contributed by atoms with Crippen molar-refractivity contribution in [3.63, 3.8) is 0 Å². The van der Waals surface area contributed by atoms with Gasteiger partial charge in [0, 0.05) is 5.56 Å². The molecule has 3 rings (SSSR count). The van der Waals surface area contributed by atoms with Crippen molar-refractivity contribution in [2.24, 2.45) is 4.99 Å². The lowest BCUT2D eigenvalue weighted by Gasteiger charge is -2.05. The molecule has 0 amide bonds. The number of rotatable bonds is 3. The second-order valence-electron chi connectivity index (χ2n) is 5.88.